The van der Waals surface area contributed by atoms with Crippen molar-refractivity contribution in [3.63, 3.8) is 0 Å². The SMILES string of the molecule is CN1CCn2nc(Br)nc2C1. The molecule has 0 aromatic carbocycles. The highest BCUT2D eigenvalue weighted by Gasteiger charge is 2.15. The fourth-order valence-electron chi connectivity index (χ4n) is 1.23. The Kier molecular flexibility index (Phi) is 1.69. The number of hydrogen-bond acceptors (Lipinski definition) is 3. The lowest BCUT2D eigenvalue weighted by Crippen LogP contribution is -2.30. The third-order valence-corrected chi connectivity index (χ3v) is 2.16. The Balaban J connectivity index is 2.34. The first kappa shape index (κ1) is 7.24. The van der Waals surface area contributed by atoms with Crippen LogP contribution >= 0.6 is 15.9 Å². The Labute approximate surface area is 73.3 Å². The van der Waals surface area contributed by atoms with E-state index in [-0.39, 0.29) is 0 Å². The molecule has 1 aliphatic heterocycles. The van der Waals surface area contributed by atoms with Crippen LogP contribution in [0.25, 0.3) is 0 Å². The third kappa shape index (κ3) is 1.30. The van der Waals surface area contributed by atoms with Crippen LogP contribution in [-0.4, -0.2) is 33.3 Å². The van der Waals surface area contributed by atoms with Gasteiger partial charge in [0.1, 0.15) is 5.82 Å². The van der Waals surface area contributed by atoms with Crippen molar-refractivity contribution in [2.24, 2.45) is 0 Å². The summed E-state index contributed by atoms with van der Waals surface area (Å²) in [6.45, 7) is 2.91. The standard InChI is InChI=1S/C6H9BrN4/c1-10-2-3-11-5(4-10)8-6(7)9-11/h2-4H2,1H3. The molecular weight excluding hydrogens is 208 g/mol. The number of halogens is 1. The molecule has 0 aliphatic carbocycles. The minimum atomic E-state index is 0.697. The van der Waals surface area contributed by atoms with Gasteiger partial charge in [0.25, 0.3) is 0 Å². The zero-order valence-electron chi connectivity index (χ0n) is 6.29. The van der Waals surface area contributed by atoms with Gasteiger partial charge in [-0.05, 0) is 23.0 Å². The first-order valence-electron chi connectivity index (χ1n) is 3.53. The van der Waals surface area contributed by atoms with E-state index in [0.717, 1.165) is 25.5 Å². The lowest BCUT2D eigenvalue weighted by Gasteiger charge is -2.21. The Morgan fingerprint density at radius 3 is 3.09 bits per heavy atom. The second-order valence-electron chi connectivity index (χ2n) is 2.76. The summed E-state index contributed by atoms with van der Waals surface area (Å²) in [6, 6.07) is 0. The largest absolute Gasteiger partial charge is 0.297 e. The van der Waals surface area contributed by atoms with Crippen molar-refractivity contribution in [2.45, 2.75) is 13.1 Å². The first-order chi connectivity index (χ1) is 5.25. The molecule has 0 saturated carbocycles. The van der Waals surface area contributed by atoms with Crippen molar-refractivity contribution in [3.05, 3.63) is 10.6 Å². The van der Waals surface area contributed by atoms with Gasteiger partial charge in [0.15, 0.2) is 0 Å². The summed E-state index contributed by atoms with van der Waals surface area (Å²) in [5.74, 6) is 1.05. The molecule has 2 heterocycles. The zero-order valence-corrected chi connectivity index (χ0v) is 7.87. The van der Waals surface area contributed by atoms with Gasteiger partial charge in [0, 0.05) is 6.54 Å². The lowest BCUT2D eigenvalue weighted by molar-refractivity contribution is 0.254. The molecular formula is C6H9BrN4. The fraction of sp³-hybridized carbons (Fsp3) is 0.667. The molecule has 5 heteroatoms. The highest BCUT2D eigenvalue weighted by molar-refractivity contribution is 9.10. The molecule has 0 saturated heterocycles. The summed E-state index contributed by atoms with van der Waals surface area (Å²) in [7, 11) is 2.09. The number of aromatic nitrogens is 3. The van der Waals surface area contributed by atoms with Crippen LogP contribution in [0.3, 0.4) is 0 Å². The van der Waals surface area contributed by atoms with Crippen LogP contribution in [0.4, 0.5) is 0 Å². The van der Waals surface area contributed by atoms with Crippen molar-refractivity contribution < 1.29 is 0 Å². The fourth-order valence-corrected chi connectivity index (χ4v) is 1.62. The topological polar surface area (TPSA) is 34.0 Å². The molecule has 0 bridgehead atoms. The van der Waals surface area contributed by atoms with E-state index in [0.29, 0.717) is 4.73 Å². The van der Waals surface area contributed by atoms with Gasteiger partial charge in [0.05, 0.1) is 13.1 Å². The van der Waals surface area contributed by atoms with Crippen LogP contribution in [0.1, 0.15) is 5.82 Å². The van der Waals surface area contributed by atoms with E-state index in [4.69, 9.17) is 0 Å². The Morgan fingerprint density at radius 2 is 2.27 bits per heavy atom. The summed E-state index contributed by atoms with van der Waals surface area (Å²) in [5.41, 5.74) is 0. The maximum Gasteiger partial charge on any atom is 0.217 e. The second kappa shape index (κ2) is 2.57. The molecule has 2 rings (SSSR count). The van der Waals surface area contributed by atoms with Crippen LogP contribution in [0.5, 0.6) is 0 Å². The number of fused-ring (bicyclic) bond motifs is 1. The van der Waals surface area contributed by atoms with Crippen LogP contribution < -0.4 is 0 Å². The van der Waals surface area contributed by atoms with Gasteiger partial charge >= 0.3 is 0 Å². The molecule has 0 N–H and O–H groups in total. The minimum absolute atomic E-state index is 0.697. The predicted molar refractivity (Wildman–Crippen MR) is 44.1 cm³/mol. The van der Waals surface area contributed by atoms with Crippen molar-refractivity contribution in [2.75, 3.05) is 13.6 Å². The molecule has 11 heavy (non-hydrogen) atoms. The first-order valence-corrected chi connectivity index (χ1v) is 4.33. The quantitative estimate of drug-likeness (QED) is 0.634. The van der Waals surface area contributed by atoms with E-state index in [1.54, 1.807) is 0 Å². The monoisotopic (exact) mass is 216 g/mol. The maximum atomic E-state index is 4.23. The van der Waals surface area contributed by atoms with Gasteiger partial charge < -0.3 is 0 Å². The van der Waals surface area contributed by atoms with Crippen molar-refractivity contribution >= 4 is 15.9 Å². The van der Waals surface area contributed by atoms with Gasteiger partial charge in [-0.15, -0.1) is 5.10 Å². The average Bonchev–Trinajstić information content (AvgIpc) is 2.27. The van der Waals surface area contributed by atoms with Gasteiger partial charge in [-0.3, -0.25) is 4.90 Å². The maximum absolute atomic E-state index is 4.23. The molecule has 0 fully saturated rings. The van der Waals surface area contributed by atoms with Crippen molar-refractivity contribution in [3.8, 4) is 0 Å². The molecule has 0 unspecified atom stereocenters. The van der Waals surface area contributed by atoms with Gasteiger partial charge in [-0.1, -0.05) is 0 Å². The van der Waals surface area contributed by atoms with Crippen LogP contribution in [0.15, 0.2) is 4.73 Å². The van der Waals surface area contributed by atoms with Gasteiger partial charge in [0.2, 0.25) is 4.73 Å². The average molecular weight is 217 g/mol. The normalized spacial score (nSPS) is 18.4. The third-order valence-electron chi connectivity index (χ3n) is 1.83. The molecule has 60 valence electrons. The van der Waals surface area contributed by atoms with E-state index in [2.05, 4.69) is 38.0 Å². The van der Waals surface area contributed by atoms with Crippen LogP contribution in [0, 0.1) is 0 Å². The molecule has 1 aromatic rings. The minimum Gasteiger partial charge on any atom is -0.297 e. The zero-order chi connectivity index (χ0) is 7.84. The highest BCUT2D eigenvalue weighted by atomic mass is 79.9. The summed E-state index contributed by atoms with van der Waals surface area (Å²) in [4.78, 5) is 6.46. The Morgan fingerprint density at radius 1 is 1.45 bits per heavy atom. The highest BCUT2D eigenvalue weighted by Crippen LogP contribution is 2.10. The number of hydrogen-bond donors (Lipinski definition) is 0. The second-order valence-corrected chi connectivity index (χ2v) is 3.47. The molecule has 0 amide bonds. The van der Waals surface area contributed by atoms with E-state index in [1.165, 1.54) is 0 Å². The van der Waals surface area contributed by atoms with Gasteiger partial charge in [-0.25, -0.2) is 9.67 Å². The lowest BCUT2D eigenvalue weighted by atomic mass is 10.4. The Bertz CT molecular complexity index is 270. The Hall–Kier alpha value is -0.420. The van der Waals surface area contributed by atoms with E-state index >= 15 is 0 Å². The van der Waals surface area contributed by atoms with E-state index in [1.807, 2.05) is 4.68 Å². The number of rotatable bonds is 0. The number of nitrogens with zero attached hydrogens (tertiary/aromatic N) is 4. The smallest absolute Gasteiger partial charge is 0.217 e. The molecule has 0 atom stereocenters. The molecule has 1 aliphatic rings. The number of likely N-dealkylation sites (N-methyl/N-ethyl adjacent to an activating group) is 1. The molecule has 4 nitrogen and oxygen atoms in total. The molecule has 1 aromatic heterocycles. The van der Waals surface area contributed by atoms with Crippen LogP contribution in [0.2, 0.25) is 0 Å². The van der Waals surface area contributed by atoms with Crippen molar-refractivity contribution in [1.29, 1.82) is 0 Å². The van der Waals surface area contributed by atoms with Crippen molar-refractivity contribution in [1.82, 2.24) is 19.7 Å². The van der Waals surface area contributed by atoms with E-state index < -0.39 is 0 Å². The summed E-state index contributed by atoms with van der Waals surface area (Å²) in [5, 5.41) is 4.18. The van der Waals surface area contributed by atoms with E-state index in [9.17, 15) is 0 Å². The molecule has 0 spiro atoms. The molecule has 0 radical (unpaired) electrons. The predicted octanol–water partition coefficient (Wildman–Crippen LogP) is 0.486. The van der Waals surface area contributed by atoms with Gasteiger partial charge in [-0.2, -0.15) is 0 Å². The summed E-state index contributed by atoms with van der Waals surface area (Å²) < 4.78 is 2.65. The summed E-state index contributed by atoms with van der Waals surface area (Å²) in [6.07, 6.45) is 0. The summed E-state index contributed by atoms with van der Waals surface area (Å²) >= 11 is 3.25. The van der Waals surface area contributed by atoms with Crippen LogP contribution in [-0.2, 0) is 13.1 Å².